The molecule has 0 bridgehead atoms. The van der Waals surface area contributed by atoms with E-state index < -0.39 is 0 Å². The first kappa shape index (κ1) is 17.6. The molecule has 1 aromatic carbocycles. The lowest BCUT2D eigenvalue weighted by atomic mass is 10.1. The first-order chi connectivity index (χ1) is 13.8. The highest BCUT2D eigenvalue weighted by molar-refractivity contribution is 6.28. The lowest BCUT2D eigenvalue weighted by Gasteiger charge is -2.22. The smallest absolute Gasteiger partial charge is 0.224 e. The third-order valence-corrected chi connectivity index (χ3v) is 5.61. The van der Waals surface area contributed by atoms with Crippen molar-refractivity contribution >= 4 is 23.1 Å². The molecule has 5 rings (SSSR count). The quantitative estimate of drug-likeness (QED) is 0.635. The average molecular weight is 396 g/mol. The van der Waals surface area contributed by atoms with Crippen LogP contribution in [0.25, 0.3) is 11.1 Å². The van der Waals surface area contributed by atoms with Crippen LogP contribution < -0.4 is 5.32 Å². The van der Waals surface area contributed by atoms with Gasteiger partial charge in [-0.1, -0.05) is 12.1 Å². The molecule has 1 atom stereocenters. The van der Waals surface area contributed by atoms with Gasteiger partial charge in [0.1, 0.15) is 12.0 Å². The average Bonchev–Trinajstić information content (AvgIpc) is 3.39. The topological polar surface area (TPSA) is 64.9 Å². The van der Waals surface area contributed by atoms with Gasteiger partial charge in [0, 0.05) is 29.6 Å². The van der Waals surface area contributed by atoms with E-state index in [1.165, 1.54) is 12.0 Å². The van der Waals surface area contributed by atoms with Crippen molar-refractivity contribution in [3.05, 3.63) is 53.2 Å². The summed E-state index contributed by atoms with van der Waals surface area (Å²) in [6.45, 7) is 0.816. The Balaban J connectivity index is 1.33. The molecule has 0 spiro atoms. The van der Waals surface area contributed by atoms with E-state index in [0.717, 1.165) is 67.0 Å². The zero-order valence-electron chi connectivity index (χ0n) is 15.6. The Morgan fingerprint density at radius 1 is 1.04 bits per heavy atom. The summed E-state index contributed by atoms with van der Waals surface area (Å²) in [5.74, 6) is 0.822. The molecule has 1 aliphatic heterocycles. The van der Waals surface area contributed by atoms with Crippen molar-refractivity contribution in [1.29, 1.82) is 0 Å². The molecule has 0 amide bonds. The van der Waals surface area contributed by atoms with E-state index in [2.05, 4.69) is 50.8 Å². The molecule has 144 valence electrons. The summed E-state index contributed by atoms with van der Waals surface area (Å²) in [5, 5.41) is 8.21. The minimum Gasteiger partial charge on any atom is -0.357 e. The summed E-state index contributed by atoms with van der Waals surface area (Å²) < 4.78 is 7.75. The lowest BCUT2D eigenvalue weighted by Crippen LogP contribution is -2.18. The first-order valence-electron chi connectivity index (χ1n) is 9.85. The fourth-order valence-corrected chi connectivity index (χ4v) is 4.15. The maximum atomic E-state index is 6.08. The van der Waals surface area contributed by atoms with Crippen LogP contribution in [0.2, 0.25) is 5.28 Å². The molecule has 1 saturated heterocycles. The molecule has 1 unspecified atom stereocenters. The molecule has 1 aliphatic carbocycles. The monoisotopic (exact) mass is 395 g/mol. The van der Waals surface area contributed by atoms with Gasteiger partial charge in [-0.25, -0.2) is 14.6 Å². The highest BCUT2D eigenvalue weighted by Crippen LogP contribution is 2.31. The number of aromatic nitrogens is 4. The summed E-state index contributed by atoms with van der Waals surface area (Å²) in [4.78, 5) is 8.74. The molecular formula is C21H22ClN5O. The van der Waals surface area contributed by atoms with E-state index in [1.54, 1.807) is 0 Å². The van der Waals surface area contributed by atoms with E-state index in [0.29, 0.717) is 5.28 Å². The number of nitrogens with zero attached hydrogens (tertiary/aromatic N) is 4. The van der Waals surface area contributed by atoms with Crippen molar-refractivity contribution in [2.45, 2.75) is 44.8 Å². The molecule has 0 saturated carbocycles. The summed E-state index contributed by atoms with van der Waals surface area (Å²) in [6, 6.07) is 8.30. The third-order valence-electron chi connectivity index (χ3n) is 5.44. The van der Waals surface area contributed by atoms with Gasteiger partial charge in [0.15, 0.2) is 0 Å². The first-order valence-corrected chi connectivity index (χ1v) is 10.2. The number of fused-ring (bicyclic) bond motifs is 1. The van der Waals surface area contributed by atoms with Crippen molar-refractivity contribution in [3.63, 3.8) is 0 Å². The van der Waals surface area contributed by atoms with Crippen LogP contribution in [0.1, 0.15) is 43.2 Å². The number of benzene rings is 1. The van der Waals surface area contributed by atoms with Crippen LogP contribution in [-0.4, -0.2) is 26.4 Å². The van der Waals surface area contributed by atoms with Crippen LogP contribution in [0.15, 0.2) is 36.7 Å². The molecule has 3 heterocycles. The van der Waals surface area contributed by atoms with Gasteiger partial charge in [0.25, 0.3) is 0 Å². The van der Waals surface area contributed by atoms with Crippen molar-refractivity contribution < 1.29 is 4.74 Å². The molecule has 6 nitrogen and oxygen atoms in total. The Kier molecular flexibility index (Phi) is 4.74. The molecule has 3 aromatic rings. The number of aryl methyl sites for hydroxylation is 1. The number of hydrogen-bond acceptors (Lipinski definition) is 5. The van der Waals surface area contributed by atoms with Crippen molar-refractivity contribution in [3.8, 4) is 11.1 Å². The van der Waals surface area contributed by atoms with E-state index in [1.807, 2.05) is 10.9 Å². The van der Waals surface area contributed by atoms with Gasteiger partial charge in [-0.05, 0) is 67.8 Å². The van der Waals surface area contributed by atoms with Gasteiger partial charge in [0.2, 0.25) is 5.28 Å². The lowest BCUT2D eigenvalue weighted by molar-refractivity contribution is -0.0394. The molecule has 0 radical (unpaired) electrons. The van der Waals surface area contributed by atoms with E-state index >= 15 is 0 Å². The molecule has 1 fully saturated rings. The predicted molar refractivity (Wildman–Crippen MR) is 109 cm³/mol. The van der Waals surface area contributed by atoms with Crippen LogP contribution in [0, 0.1) is 0 Å². The minimum atomic E-state index is 0.0630. The van der Waals surface area contributed by atoms with Gasteiger partial charge in [-0.3, -0.25) is 0 Å². The largest absolute Gasteiger partial charge is 0.357 e. The normalized spacial score (nSPS) is 18.8. The number of anilines is 2. The molecule has 2 aromatic heterocycles. The maximum absolute atomic E-state index is 6.08. The molecule has 28 heavy (non-hydrogen) atoms. The number of halogens is 1. The van der Waals surface area contributed by atoms with E-state index in [9.17, 15) is 0 Å². The summed E-state index contributed by atoms with van der Waals surface area (Å²) in [7, 11) is 0. The fraction of sp³-hybridized carbons (Fsp3) is 0.381. The van der Waals surface area contributed by atoms with Crippen LogP contribution in [-0.2, 0) is 17.6 Å². The molecular weight excluding hydrogens is 374 g/mol. The molecule has 2 aliphatic rings. The Hall–Kier alpha value is -2.44. The molecule has 1 N–H and O–H groups in total. The van der Waals surface area contributed by atoms with Crippen molar-refractivity contribution in [2.75, 3.05) is 11.9 Å². The highest BCUT2D eigenvalue weighted by Gasteiger charge is 2.19. The number of hydrogen-bond donors (Lipinski definition) is 1. The van der Waals surface area contributed by atoms with Crippen LogP contribution in [0.5, 0.6) is 0 Å². The standard InChI is InChI=1S/C21H22ClN5O/c22-21-25-18-5-3-4-17(18)20(26-21)24-16-9-7-14(8-10-16)15-12-23-27(13-15)19-6-1-2-11-28-19/h7-10,12-13,19H,1-6,11H2,(H,24,25,26). The third kappa shape index (κ3) is 3.50. The van der Waals surface area contributed by atoms with Crippen molar-refractivity contribution in [1.82, 2.24) is 19.7 Å². The zero-order valence-corrected chi connectivity index (χ0v) is 16.3. The SMILES string of the molecule is Clc1nc2c(c(Nc3ccc(-c4cnn(C5CCCCO5)c4)cc3)n1)CCC2. The fourth-order valence-electron chi connectivity index (χ4n) is 3.97. The second-order valence-corrected chi connectivity index (χ2v) is 7.69. The number of nitrogens with one attached hydrogen (secondary N) is 1. The van der Waals surface area contributed by atoms with Crippen molar-refractivity contribution in [2.24, 2.45) is 0 Å². The van der Waals surface area contributed by atoms with Gasteiger partial charge in [-0.2, -0.15) is 5.10 Å². The predicted octanol–water partition coefficient (Wildman–Crippen LogP) is 4.92. The summed E-state index contributed by atoms with van der Waals surface area (Å²) in [5.41, 5.74) is 5.44. The van der Waals surface area contributed by atoms with Crippen LogP contribution in [0.4, 0.5) is 11.5 Å². The van der Waals surface area contributed by atoms with Gasteiger partial charge in [0.05, 0.1) is 11.9 Å². The Morgan fingerprint density at radius 2 is 1.93 bits per heavy atom. The van der Waals surface area contributed by atoms with E-state index in [-0.39, 0.29) is 6.23 Å². The van der Waals surface area contributed by atoms with Gasteiger partial charge in [-0.15, -0.1) is 0 Å². The maximum Gasteiger partial charge on any atom is 0.224 e. The van der Waals surface area contributed by atoms with Crippen LogP contribution >= 0.6 is 11.6 Å². The summed E-state index contributed by atoms with van der Waals surface area (Å²) in [6.07, 6.45) is 10.5. The second-order valence-electron chi connectivity index (χ2n) is 7.35. The Morgan fingerprint density at radius 3 is 2.75 bits per heavy atom. The highest BCUT2D eigenvalue weighted by atomic mass is 35.5. The van der Waals surface area contributed by atoms with E-state index in [4.69, 9.17) is 16.3 Å². The molecule has 7 heteroatoms. The second kappa shape index (κ2) is 7.53. The Bertz CT molecular complexity index is 979. The number of ether oxygens (including phenoxy) is 1. The number of rotatable bonds is 4. The zero-order chi connectivity index (χ0) is 18.9. The van der Waals surface area contributed by atoms with Crippen LogP contribution in [0.3, 0.4) is 0 Å². The van der Waals surface area contributed by atoms with Gasteiger partial charge >= 0.3 is 0 Å². The van der Waals surface area contributed by atoms with Gasteiger partial charge < -0.3 is 10.1 Å². The summed E-state index contributed by atoms with van der Waals surface area (Å²) >= 11 is 6.08. The Labute approximate surface area is 168 Å². The minimum absolute atomic E-state index is 0.0630.